The Kier molecular flexibility index (Phi) is 5.04. The molecule has 4 unspecified atom stereocenters. The molecular formula is C21H28N4O2S. The predicted octanol–water partition coefficient (Wildman–Crippen LogP) is 2.00. The number of thiophene rings is 1. The van der Waals surface area contributed by atoms with Gasteiger partial charge in [-0.25, -0.2) is 0 Å². The number of hydrogen-bond donors (Lipinski definition) is 2. The molecule has 2 amide bonds. The lowest BCUT2D eigenvalue weighted by Crippen LogP contribution is -2.46. The number of fused-ring (bicyclic) bond motifs is 5. The Labute approximate surface area is 170 Å². The second-order valence-corrected chi connectivity index (χ2v) is 9.49. The van der Waals surface area contributed by atoms with E-state index in [4.69, 9.17) is 0 Å². The normalized spacial score (nSPS) is 29.0. The van der Waals surface area contributed by atoms with Gasteiger partial charge in [0.05, 0.1) is 11.8 Å². The van der Waals surface area contributed by atoms with Gasteiger partial charge in [-0.15, -0.1) is 11.3 Å². The smallest absolute Gasteiger partial charge is 0.233 e. The summed E-state index contributed by atoms with van der Waals surface area (Å²) in [6, 6.07) is 4.21. The van der Waals surface area contributed by atoms with E-state index in [0.29, 0.717) is 19.0 Å². The molecule has 1 saturated carbocycles. The molecule has 1 aromatic rings. The van der Waals surface area contributed by atoms with Crippen molar-refractivity contribution in [1.29, 1.82) is 0 Å². The maximum atomic E-state index is 12.7. The van der Waals surface area contributed by atoms with E-state index in [1.165, 1.54) is 9.78 Å². The van der Waals surface area contributed by atoms with E-state index in [0.717, 1.165) is 13.0 Å². The fourth-order valence-corrected chi connectivity index (χ4v) is 5.60. The molecule has 1 aromatic heterocycles. The molecule has 1 saturated heterocycles. The number of carbonyl (C=O) groups is 2. The summed E-state index contributed by atoms with van der Waals surface area (Å²) >= 11 is 1.75. The van der Waals surface area contributed by atoms with E-state index in [1.54, 1.807) is 18.4 Å². The first-order valence-corrected chi connectivity index (χ1v) is 10.8. The number of nitrogens with one attached hydrogen (secondary N) is 2. The first-order chi connectivity index (χ1) is 13.4. The highest BCUT2D eigenvalue weighted by molar-refractivity contribution is 7.10. The van der Waals surface area contributed by atoms with E-state index >= 15 is 0 Å². The zero-order chi connectivity index (χ0) is 19.9. The first-order valence-electron chi connectivity index (χ1n) is 9.94. The highest BCUT2D eigenvalue weighted by atomic mass is 32.1. The second kappa shape index (κ2) is 7.35. The van der Waals surface area contributed by atoms with Crippen LogP contribution in [0.5, 0.6) is 0 Å². The summed E-state index contributed by atoms with van der Waals surface area (Å²) in [6.45, 7) is 6.02. The van der Waals surface area contributed by atoms with Gasteiger partial charge in [-0.05, 0) is 29.7 Å². The Morgan fingerprint density at radius 2 is 1.89 bits per heavy atom. The number of amides is 2. The monoisotopic (exact) mass is 400 g/mol. The largest absolute Gasteiger partial charge is 0.356 e. The van der Waals surface area contributed by atoms with Crippen molar-refractivity contribution in [3.63, 3.8) is 0 Å². The Balaban J connectivity index is 1.28. The molecule has 7 heteroatoms. The molecule has 4 rings (SSSR count). The molecule has 0 aromatic carbocycles. The quantitative estimate of drug-likeness (QED) is 0.332. The molecule has 4 atom stereocenters. The number of aliphatic imine (C=N–C) groups is 1. The fourth-order valence-electron chi connectivity index (χ4n) is 4.75. The molecule has 0 radical (unpaired) electrons. The van der Waals surface area contributed by atoms with Crippen LogP contribution in [0.15, 0.2) is 34.7 Å². The Bertz CT molecular complexity index is 784. The number of guanidine groups is 1. The van der Waals surface area contributed by atoms with Crippen LogP contribution in [-0.4, -0.2) is 49.4 Å². The summed E-state index contributed by atoms with van der Waals surface area (Å²) in [6.07, 6.45) is 5.22. The maximum Gasteiger partial charge on any atom is 0.233 e. The van der Waals surface area contributed by atoms with Crippen molar-refractivity contribution in [2.24, 2.45) is 28.7 Å². The number of nitrogens with zero attached hydrogens (tertiary/aromatic N) is 2. The lowest BCUT2D eigenvalue weighted by molar-refractivity contribution is -0.140. The van der Waals surface area contributed by atoms with E-state index in [2.05, 4.69) is 59.1 Å². The van der Waals surface area contributed by atoms with Gasteiger partial charge in [0.25, 0.3) is 0 Å². The van der Waals surface area contributed by atoms with Gasteiger partial charge < -0.3 is 10.6 Å². The minimum Gasteiger partial charge on any atom is -0.356 e. The fraction of sp³-hybridized carbons (Fsp3) is 0.571. The predicted molar refractivity (Wildman–Crippen MR) is 111 cm³/mol. The number of allylic oxidation sites excluding steroid dienone is 2. The van der Waals surface area contributed by atoms with Crippen LogP contribution in [0.3, 0.4) is 0 Å². The van der Waals surface area contributed by atoms with Crippen molar-refractivity contribution in [3.8, 4) is 0 Å². The molecule has 3 aliphatic rings. The van der Waals surface area contributed by atoms with Crippen molar-refractivity contribution < 1.29 is 9.59 Å². The first kappa shape index (κ1) is 19.2. The van der Waals surface area contributed by atoms with Crippen molar-refractivity contribution in [3.05, 3.63) is 34.5 Å². The van der Waals surface area contributed by atoms with Crippen LogP contribution in [-0.2, 0) is 15.0 Å². The van der Waals surface area contributed by atoms with E-state index in [-0.39, 0.29) is 40.9 Å². The SMILES string of the molecule is CN=C(NCCN1C(=O)C2C3C=CC(C3)C2C1=O)NCC(C)(C)c1cccs1. The summed E-state index contributed by atoms with van der Waals surface area (Å²) in [4.78, 5) is 32.5. The molecule has 2 fully saturated rings. The Morgan fingerprint density at radius 3 is 2.46 bits per heavy atom. The zero-order valence-electron chi connectivity index (χ0n) is 16.6. The maximum absolute atomic E-state index is 12.7. The van der Waals surface area contributed by atoms with Gasteiger partial charge >= 0.3 is 0 Å². The van der Waals surface area contributed by atoms with Crippen molar-refractivity contribution in [1.82, 2.24) is 15.5 Å². The number of hydrogen-bond acceptors (Lipinski definition) is 4. The Hall–Kier alpha value is -2.15. The number of rotatable bonds is 6. The number of likely N-dealkylation sites (tertiary alicyclic amines) is 1. The van der Waals surface area contributed by atoms with Crippen LogP contribution < -0.4 is 10.6 Å². The van der Waals surface area contributed by atoms with Gasteiger partial charge in [-0.3, -0.25) is 19.5 Å². The van der Waals surface area contributed by atoms with Gasteiger partial charge in [-0.2, -0.15) is 0 Å². The van der Waals surface area contributed by atoms with Gasteiger partial charge in [0.1, 0.15) is 0 Å². The summed E-state index contributed by atoms with van der Waals surface area (Å²) in [5, 5.41) is 8.69. The van der Waals surface area contributed by atoms with Crippen LogP contribution in [0, 0.1) is 23.7 Å². The highest BCUT2D eigenvalue weighted by Crippen LogP contribution is 2.52. The van der Waals surface area contributed by atoms with Crippen molar-refractivity contribution in [2.75, 3.05) is 26.7 Å². The molecule has 28 heavy (non-hydrogen) atoms. The highest BCUT2D eigenvalue weighted by Gasteiger charge is 2.58. The van der Waals surface area contributed by atoms with Crippen LogP contribution in [0.1, 0.15) is 25.1 Å². The second-order valence-electron chi connectivity index (χ2n) is 8.54. The molecule has 0 spiro atoms. The number of imide groups is 1. The summed E-state index contributed by atoms with van der Waals surface area (Å²) in [7, 11) is 1.73. The van der Waals surface area contributed by atoms with Crippen LogP contribution in [0.2, 0.25) is 0 Å². The summed E-state index contributed by atoms with van der Waals surface area (Å²) < 4.78 is 0. The van der Waals surface area contributed by atoms with Gasteiger partial charge in [-0.1, -0.05) is 32.1 Å². The third-order valence-corrected chi connectivity index (χ3v) is 7.53. The lowest BCUT2D eigenvalue weighted by atomic mass is 9.85. The van der Waals surface area contributed by atoms with Gasteiger partial charge in [0.2, 0.25) is 11.8 Å². The van der Waals surface area contributed by atoms with Crippen LogP contribution >= 0.6 is 11.3 Å². The minimum atomic E-state index is -0.119. The standard InChI is InChI=1S/C21H28N4O2S/c1-21(2,15-5-4-10-28-15)12-24-20(22-3)23-8-9-25-18(26)16-13-6-7-14(11-13)17(16)19(25)27/h4-7,10,13-14,16-17H,8-9,11-12H2,1-3H3,(H2,22,23,24). The Morgan fingerprint density at radius 1 is 1.21 bits per heavy atom. The summed E-state index contributed by atoms with van der Waals surface area (Å²) in [5.74, 6) is 0.992. The molecule has 2 heterocycles. The minimum absolute atomic E-state index is 0.00358. The molecule has 1 aliphatic heterocycles. The summed E-state index contributed by atoms with van der Waals surface area (Å²) in [5.41, 5.74) is -0.00358. The van der Waals surface area contributed by atoms with Crippen molar-refractivity contribution >= 4 is 29.1 Å². The average molecular weight is 401 g/mol. The van der Waals surface area contributed by atoms with E-state index in [1.807, 2.05) is 0 Å². The van der Waals surface area contributed by atoms with E-state index < -0.39 is 0 Å². The lowest BCUT2D eigenvalue weighted by Gasteiger charge is -2.25. The average Bonchev–Trinajstić information content (AvgIpc) is 3.45. The topological polar surface area (TPSA) is 73.8 Å². The van der Waals surface area contributed by atoms with Gasteiger partial charge in [0.15, 0.2) is 5.96 Å². The van der Waals surface area contributed by atoms with Crippen LogP contribution in [0.25, 0.3) is 0 Å². The molecule has 2 N–H and O–H groups in total. The van der Waals surface area contributed by atoms with Gasteiger partial charge in [0, 0.05) is 37.0 Å². The zero-order valence-corrected chi connectivity index (χ0v) is 17.5. The van der Waals surface area contributed by atoms with Crippen molar-refractivity contribution in [2.45, 2.75) is 25.7 Å². The number of carbonyl (C=O) groups excluding carboxylic acids is 2. The van der Waals surface area contributed by atoms with E-state index in [9.17, 15) is 9.59 Å². The third-order valence-electron chi connectivity index (χ3n) is 6.30. The molecule has 2 aliphatic carbocycles. The molecule has 2 bridgehead atoms. The molecule has 6 nitrogen and oxygen atoms in total. The molecule has 150 valence electrons. The van der Waals surface area contributed by atoms with Crippen LogP contribution in [0.4, 0.5) is 0 Å². The molecular weight excluding hydrogens is 372 g/mol. The third kappa shape index (κ3) is 3.26.